The van der Waals surface area contributed by atoms with Crippen LogP contribution in [0.4, 0.5) is 0 Å². The first kappa shape index (κ1) is 15.6. The van der Waals surface area contributed by atoms with Gasteiger partial charge in [0.05, 0.1) is 6.10 Å². The Balaban J connectivity index is 1.41. The summed E-state index contributed by atoms with van der Waals surface area (Å²) >= 11 is 0. The molecule has 1 fully saturated rings. The van der Waals surface area contributed by atoms with Gasteiger partial charge >= 0.3 is 0 Å². The van der Waals surface area contributed by atoms with Gasteiger partial charge in [-0.1, -0.05) is 12.1 Å². The van der Waals surface area contributed by atoms with Gasteiger partial charge in [0.25, 0.3) is 0 Å². The van der Waals surface area contributed by atoms with Gasteiger partial charge in [-0.15, -0.1) is 0 Å². The minimum absolute atomic E-state index is 0.0626. The minimum atomic E-state index is -0.0626. The van der Waals surface area contributed by atoms with Crippen LogP contribution in [-0.4, -0.2) is 35.0 Å². The first-order chi connectivity index (χ1) is 11.3. The second kappa shape index (κ2) is 7.78. The Kier molecular flexibility index (Phi) is 5.26. The van der Waals surface area contributed by atoms with Crippen LogP contribution < -0.4 is 10.1 Å². The lowest BCUT2D eigenvalue weighted by Gasteiger charge is -2.12. The summed E-state index contributed by atoms with van der Waals surface area (Å²) in [5, 5.41) is 6.88. The zero-order valence-electron chi connectivity index (χ0n) is 13.0. The van der Waals surface area contributed by atoms with Gasteiger partial charge < -0.3 is 14.8 Å². The molecule has 1 amide bonds. The quantitative estimate of drug-likeness (QED) is 0.845. The molecule has 2 aromatic rings. The van der Waals surface area contributed by atoms with Crippen molar-refractivity contribution < 1.29 is 14.3 Å². The summed E-state index contributed by atoms with van der Waals surface area (Å²) in [5.41, 5.74) is 1.03. The molecule has 1 aliphatic rings. The molecule has 1 N–H and O–H groups in total. The van der Waals surface area contributed by atoms with E-state index in [1.165, 1.54) is 0 Å². The summed E-state index contributed by atoms with van der Waals surface area (Å²) in [6.07, 6.45) is 5.82. The molecular weight excluding hydrogens is 294 g/mol. The average Bonchev–Trinajstić information content (AvgIpc) is 3.25. The van der Waals surface area contributed by atoms with Gasteiger partial charge in [-0.3, -0.25) is 9.48 Å². The molecule has 6 heteroatoms. The Morgan fingerprint density at radius 2 is 2.26 bits per heavy atom. The second-order valence-electron chi connectivity index (χ2n) is 5.57. The normalized spacial score (nSPS) is 17.1. The van der Waals surface area contributed by atoms with Gasteiger partial charge in [-0.25, -0.2) is 0 Å². The number of hydrogen-bond acceptors (Lipinski definition) is 4. The number of ether oxygens (including phenoxy) is 2. The van der Waals surface area contributed by atoms with Gasteiger partial charge in [-0.2, -0.15) is 5.10 Å². The fraction of sp³-hybridized carbons (Fsp3) is 0.412. The van der Waals surface area contributed by atoms with Crippen molar-refractivity contribution in [3.8, 4) is 5.75 Å². The van der Waals surface area contributed by atoms with Crippen LogP contribution in [0.2, 0.25) is 0 Å². The van der Waals surface area contributed by atoms with Crippen LogP contribution in [0.15, 0.2) is 42.7 Å². The minimum Gasteiger partial charge on any atom is -0.491 e. The number of nitrogens with one attached hydrogen (secondary N) is 1. The molecule has 1 aromatic heterocycles. The molecule has 0 saturated carbocycles. The number of nitrogens with zero attached hydrogens (tertiary/aromatic N) is 2. The molecule has 3 rings (SSSR count). The first-order valence-electron chi connectivity index (χ1n) is 7.87. The molecule has 0 bridgehead atoms. The van der Waals surface area contributed by atoms with Gasteiger partial charge in [0, 0.05) is 25.5 Å². The number of aromatic nitrogens is 2. The van der Waals surface area contributed by atoms with E-state index in [2.05, 4.69) is 10.4 Å². The Hall–Kier alpha value is -2.34. The molecule has 23 heavy (non-hydrogen) atoms. The van der Waals surface area contributed by atoms with Crippen molar-refractivity contribution in [1.82, 2.24) is 15.1 Å². The van der Waals surface area contributed by atoms with E-state index in [1.807, 2.05) is 24.3 Å². The van der Waals surface area contributed by atoms with E-state index >= 15 is 0 Å². The highest BCUT2D eigenvalue weighted by molar-refractivity contribution is 5.75. The van der Waals surface area contributed by atoms with Crippen LogP contribution in [0.3, 0.4) is 0 Å². The third-order valence-corrected chi connectivity index (χ3v) is 3.74. The SMILES string of the molecule is O=C(Cn1cccn1)NCc1ccc(OC[C@@H]2CCCO2)cc1. The molecule has 1 saturated heterocycles. The number of carbonyl (C=O) groups excluding carboxylic acids is 1. The number of carbonyl (C=O) groups is 1. The molecule has 0 spiro atoms. The van der Waals surface area contributed by atoms with Gasteiger partial charge in [0.2, 0.25) is 5.91 Å². The van der Waals surface area contributed by atoms with Crippen molar-refractivity contribution in [3.63, 3.8) is 0 Å². The maximum atomic E-state index is 11.8. The maximum Gasteiger partial charge on any atom is 0.241 e. The van der Waals surface area contributed by atoms with E-state index in [0.29, 0.717) is 13.2 Å². The number of rotatable bonds is 7. The Morgan fingerprint density at radius 1 is 1.39 bits per heavy atom. The average molecular weight is 315 g/mol. The van der Waals surface area contributed by atoms with Crippen LogP contribution in [0.25, 0.3) is 0 Å². The molecule has 0 unspecified atom stereocenters. The fourth-order valence-corrected chi connectivity index (χ4v) is 2.47. The van der Waals surface area contributed by atoms with E-state index < -0.39 is 0 Å². The zero-order valence-corrected chi connectivity index (χ0v) is 13.0. The van der Waals surface area contributed by atoms with Gasteiger partial charge in [0.15, 0.2) is 0 Å². The summed E-state index contributed by atoms with van der Waals surface area (Å²) in [7, 11) is 0. The fourth-order valence-electron chi connectivity index (χ4n) is 2.47. The third-order valence-electron chi connectivity index (χ3n) is 3.74. The molecule has 1 atom stereocenters. The lowest BCUT2D eigenvalue weighted by atomic mass is 10.2. The highest BCUT2D eigenvalue weighted by Gasteiger charge is 2.15. The Bertz CT molecular complexity index is 605. The monoisotopic (exact) mass is 315 g/mol. The van der Waals surface area contributed by atoms with Crippen molar-refractivity contribution in [3.05, 3.63) is 48.3 Å². The summed E-state index contributed by atoms with van der Waals surface area (Å²) in [5.74, 6) is 0.763. The van der Waals surface area contributed by atoms with Crippen molar-refractivity contribution in [2.45, 2.75) is 32.0 Å². The van der Waals surface area contributed by atoms with Crippen LogP contribution in [0.1, 0.15) is 18.4 Å². The van der Waals surface area contributed by atoms with Crippen LogP contribution in [-0.2, 0) is 22.6 Å². The van der Waals surface area contributed by atoms with Crippen LogP contribution >= 0.6 is 0 Å². The highest BCUT2D eigenvalue weighted by atomic mass is 16.5. The van der Waals surface area contributed by atoms with E-state index in [4.69, 9.17) is 9.47 Å². The van der Waals surface area contributed by atoms with Crippen LogP contribution in [0, 0.1) is 0 Å². The van der Waals surface area contributed by atoms with Gasteiger partial charge in [0.1, 0.15) is 18.9 Å². The molecule has 1 aromatic carbocycles. The molecule has 0 radical (unpaired) electrons. The van der Waals surface area contributed by atoms with Crippen molar-refractivity contribution in [1.29, 1.82) is 0 Å². The number of hydrogen-bond donors (Lipinski definition) is 1. The smallest absolute Gasteiger partial charge is 0.241 e. The van der Waals surface area contributed by atoms with E-state index in [9.17, 15) is 4.79 Å². The molecular formula is C17H21N3O3. The maximum absolute atomic E-state index is 11.8. The zero-order chi connectivity index (χ0) is 15.9. The highest BCUT2D eigenvalue weighted by Crippen LogP contribution is 2.16. The van der Waals surface area contributed by atoms with Crippen molar-refractivity contribution in [2.75, 3.05) is 13.2 Å². The lowest BCUT2D eigenvalue weighted by molar-refractivity contribution is -0.122. The predicted molar refractivity (Wildman–Crippen MR) is 85.0 cm³/mol. The molecule has 1 aliphatic heterocycles. The summed E-state index contributed by atoms with van der Waals surface area (Å²) in [4.78, 5) is 11.8. The van der Waals surface area contributed by atoms with Crippen LogP contribution in [0.5, 0.6) is 5.75 Å². The second-order valence-corrected chi connectivity index (χ2v) is 5.57. The Labute approximate surface area is 135 Å². The molecule has 0 aliphatic carbocycles. The number of amides is 1. The van der Waals surface area contributed by atoms with E-state index in [0.717, 1.165) is 30.8 Å². The lowest BCUT2D eigenvalue weighted by Crippen LogP contribution is -2.27. The van der Waals surface area contributed by atoms with E-state index in [1.54, 1.807) is 23.1 Å². The summed E-state index contributed by atoms with van der Waals surface area (Å²) in [6.45, 7) is 2.16. The van der Waals surface area contributed by atoms with Crippen molar-refractivity contribution in [2.24, 2.45) is 0 Å². The molecule has 2 heterocycles. The standard InChI is InChI=1S/C17H21N3O3/c21-17(12-20-9-2-8-19-20)18-11-14-4-6-15(7-5-14)23-13-16-3-1-10-22-16/h2,4-9,16H,1,3,10-13H2,(H,18,21)/t16-/m0/s1. The summed E-state index contributed by atoms with van der Waals surface area (Å²) < 4.78 is 12.8. The number of benzene rings is 1. The topological polar surface area (TPSA) is 65.4 Å². The van der Waals surface area contributed by atoms with Gasteiger partial charge in [-0.05, 0) is 36.6 Å². The Morgan fingerprint density at radius 3 is 2.96 bits per heavy atom. The van der Waals surface area contributed by atoms with E-state index in [-0.39, 0.29) is 18.6 Å². The van der Waals surface area contributed by atoms with Crippen molar-refractivity contribution >= 4 is 5.91 Å². The largest absolute Gasteiger partial charge is 0.491 e. The predicted octanol–water partition coefficient (Wildman–Crippen LogP) is 1.76. The molecule has 122 valence electrons. The third kappa shape index (κ3) is 4.82. The first-order valence-corrected chi connectivity index (χ1v) is 7.87. The summed E-state index contributed by atoms with van der Waals surface area (Å²) in [6, 6.07) is 9.55. The molecule has 6 nitrogen and oxygen atoms in total.